The minimum Gasteiger partial charge on any atom is -0.396 e. The Balaban J connectivity index is 1.54. The zero-order chi connectivity index (χ0) is 24.3. The molecule has 0 amide bonds. The molecule has 1 aliphatic carbocycles. The fraction of sp³-hybridized carbons (Fsp3) is 0.360. The second-order valence-electron chi connectivity index (χ2n) is 8.51. The largest absolute Gasteiger partial charge is 0.416 e. The summed E-state index contributed by atoms with van der Waals surface area (Å²) in [6, 6.07) is 12.8. The van der Waals surface area contributed by atoms with Crippen LogP contribution in [0.2, 0.25) is 0 Å². The lowest BCUT2D eigenvalue weighted by molar-refractivity contribution is -0.138. The maximum absolute atomic E-state index is 14.2. The highest BCUT2D eigenvalue weighted by Gasteiger charge is 2.42. The van der Waals surface area contributed by atoms with Crippen molar-refractivity contribution in [2.45, 2.75) is 37.7 Å². The zero-order valence-electron chi connectivity index (χ0n) is 18.2. The molecule has 180 valence electrons. The van der Waals surface area contributed by atoms with Crippen LogP contribution in [0.4, 0.5) is 17.6 Å². The van der Waals surface area contributed by atoms with E-state index in [1.807, 2.05) is 0 Å². The second-order valence-corrected chi connectivity index (χ2v) is 8.51. The van der Waals surface area contributed by atoms with E-state index in [1.165, 1.54) is 24.4 Å². The third-order valence-corrected chi connectivity index (χ3v) is 6.42. The van der Waals surface area contributed by atoms with Gasteiger partial charge in [0.2, 0.25) is 0 Å². The van der Waals surface area contributed by atoms with E-state index in [1.54, 1.807) is 30.3 Å². The smallest absolute Gasteiger partial charge is 0.396 e. The Hall–Kier alpha value is -2.88. The number of rotatable bonds is 7. The third-order valence-electron chi connectivity index (χ3n) is 6.42. The number of benzene rings is 2. The van der Waals surface area contributed by atoms with Crippen molar-refractivity contribution in [2.75, 3.05) is 6.61 Å². The van der Waals surface area contributed by atoms with Crippen LogP contribution >= 0.6 is 0 Å². The summed E-state index contributed by atoms with van der Waals surface area (Å²) in [4.78, 5) is 8.62. The average Bonchev–Trinajstić information content (AvgIpc) is 3.11. The summed E-state index contributed by atoms with van der Waals surface area (Å²) in [7, 11) is 0. The molecule has 1 heterocycles. The Morgan fingerprint density at radius 1 is 1.00 bits per heavy atom. The number of hydrogen-bond acceptors (Lipinski definition) is 5. The third kappa shape index (κ3) is 5.27. The SMILES string of the molecule is OC[C@@H]1[C@@H](Cc2ccnc(-c3ccccc3F)n2)[C@H](NCc2ccccc2C(F)(F)F)C[C@H]1O. The average molecular weight is 475 g/mol. The fourth-order valence-electron chi connectivity index (χ4n) is 4.69. The molecular formula is C25H25F4N3O2. The second kappa shape index (κ2) is 10.2. The van der Waals surface area contributed by atoms with E-state index in [-0.39, 0.29) is 48.5 Å². The van der Waals surface area contributed by atoms with E-state index >= 15 is 0 Å². The number of alkyl halides is 3. The van der Waals surface area contributed by atoms with Gasteiger partial charge in [-0.05, 0) is 48.6 Å². The predicted octanol–water partition coefficient (Wildman–Crippen LogP) is 3.99. The normalized spacial score (nSPS) is 22.8. The van der Waals surface area contributed by atoms with Gasteiger partial charge < -0.3 is 15.5 Å². The molecule has 0 aliphatic heterocycles. The first kappa shape index (κ1) is 24.3. The molecule has 1 fully saturated rings. The molecule has 0 unspecified atom stereocenters. The van der Waals surface area contributed by atoms with Gasteiger partial charge in [-0.1, -0.05) is 30.3 Å². The zero-order valence-corrected chi connectivity index (χ0v) is 18.2. The number of aromatic nitrogens is 2. The van der Waals surface area contributed by atoms with Gasteiger partial charge in [0, 0.05) is 37.0 Å². The van der Waals surface area contributed by atoms with Gasteiger partial charge in [-0.2, -0.15) is 13.2 Å². The highest BCUT2D eigenvalue weighted by molar-refractivity contribution is 5.55. The molecule has 9 heteroatoms. The fourth-order valence-corrected chi connectivity index (χ4v) is 4.69. The quantitative estimate of drug-likeness (QED) is 0.451. The van der Waals surface area contributed by atoms with Crippen molar-refractivity contribution in [3.05, 3.63) is 83.4 Å². The lowest BCUT2D eigenvalue weighted by Crippen LogP contribution is -2.36. The minimum absolute atomic E-state index is 0.0357. The monoisotopic (exact) mass is 475 g/mol. The maximum atomic E-state index is 14.2. The van der Waals surface area contributed by atoms with Gasteiger partial charge in [-0.25, -0.2) is 14.4 Å². The van der Waals surface area contributed by atoms with Gasteiger partial charge >= 0.3 is 6.18 Å². The van der Waals surface area contributed by atoms with Gasteiger partial charge in [0.1, 0.15) is 5.82 Å². The Bertz CT molecular complexity index is 1130. The molecule has 0 bridgehead atoms. The molecule has 1 saturated carbocycles. The summed E-state index contributed by atoms with van der Waals surface area (Å²) in [6.07, 6.45) is -3.13. The van der Waals surface area contributed by atoms with E-state index in [4.69, 9.17) is 0 Å². The van der Waals surface area contributed by atoms with E-state index in [0.29, 0.717) is 12.1 Å². The van der Waals surface area contributed by atoms with Gasteiger partial charge in [0.05, 0.1) is 17.2 Å². The summed E-state index contributed by atoms with van der Waals surface area (Å²) in [6.45, 7) is -0.305. The number of aliphatic hydroxyl groups is 2. The molecular weight excluding hydrogens is 450 g/mol. The van der Waals surface area contributed by atoms with Crippen LogP contribution in [0.25, 0.3) is 11.4 Å². The van der Waals surface area contributed by atoms with Gasteiger partial charge in [0.25, 0.3) is 0 Å². The van der Waals surface area contributed by atoms with Gasteiger partial charge in [0.15, 0.2) is 5.82 Å². The molecule has 0 radical (unpaired) electrons. The van der Waals surface area contributed by atoms with Crippen molar-refractivity contribution < 1.29 is 27.8 Å². The Morgan fingerprint density at radius 3 is 2.47 bits per heavy atom. The first-order chi connectivity index (χ1) is 16.3. The van der Waals surface area contributed by atoms with Crippen LogP contribution in [0.1, 0.15) is 23.2 Å². The van der Waals surface area contributed by atoms with Crippen LogP contribution in [0.5, 0.6) is 0 Å². The summed E-state index contributed by atoms with van der Waals surface area (Å²) in [5.41, 5.74) is 0.252. The van der Waals surface area contributed by atoms with Crippen LogP contribution in [0.3, 0.4) is 0 Å². The summed E-state index contributed by atoms with van der Waals surface area (Å²) < 4.78 is 54.3. The van der Waals surface area contributed by atoms with Crippen LogP contribution in [0, 0.1) is 17.7 Å². The molecule has 3 aromatic rings. The Kier molecular flexibility index (Phi) is 7.25. The number of nitrogens with zero attached hydrogens (tertiary/aromatic N) is 2. The van der Waals surface area contributed by atoms with Crippen LogP contribution in [-0.2, 0) is 19.1 Å². The minimum atomic E-state index is -4.47. The van der Waals surface area contributed by atoms with E-state index in [2.05, 4.69) is 15.3 Å². The molecule has 1 aliphatic rings. The molecule has 34 heavy (non-hydrogen) atoms. The van der Waals surface area contributed by atoms with Crippen molar-refractivity contribution in [2.24, 2.45) is 11.8 Å². The van der Waals surface area contributed by atoms with E-state index in [0.717, 1.165) is 6.07 Å². The molecule has 3 N–H and O–H groups in total. The molecule has 0 saturated heterocycles. The van der Waals surface area contributed by atoms with Gasteiger partial charge in [-0.15, -0.1) is 0 Å². The number of aliphatic hydroxyl groups excluding tert-OH is 2. The van der Waals surface area contributed by atoms with Crippen molar-refractivity contribution >= 4 is 0 Å². The lowest BCUT2D eigenvalue weighted by Gasteiger charge is -2.25. The molecule has 4 rings (SSSR count). The molecule has 1 aromatic heterocycles. The molecule has 2 aromatic carbocycles. The predicted molar refractivity (Wildman–Crippen MR) is 118 cm³/mol. The van der Waals surface area contributed by atoms with Crippen molar-refractivity contribution in [3.63, 3.8) is 0 Å². The first-order valence-electron chi connectivity index (χ1n) is 11.0. The van der Waals surface area contributed by atoms with E-state index < -0.39 is 29.6 Å². The topological polar surface area (TPSA) is 78.3 Å². The number of halogens is 4. The van der Waals surface area contributed by atoms with Crippen LogP contribution < -0.4 is 5.32 Å². The lowest BCUT2D eigenvalue weighted by atomic mass is 9.88. The highest BCUT2D eigenvalue weighted by Crippen LogP contribution is 2.36. The molecule has 4 atom stereocenters. The standard InChI is InChI=1S/C25H25F4N3O2/c26-21-8-4-2-6-17(21)24-30-10-9-16(32-24)11-18-19(14-33)23(34)12-22(18)31-13-15-5-1-3-7-20(15)25(27,28)29/h1-10,18-19,22-23,31,33-34H,11-14H2/t18-,19-,22-,23-/m1/s1. The first-order valence-corrected chi connectivity index (χ1v) is 11.0. The number of hydrogen-bond donors (Lipinski definition) is 3. The van der Waals surface area contributed by atoms with Crippen LogP contribution in [0.15, 0.2) is 60.8 Å². The maximum Gasteiger partial charge on any atom is 0.416 e. The molecule has 5 nitrogen and oxygen atoms in total. The van der Waals surface area contributed by atoms with Crippen molar-refractivity contribution in [1.29, 1.82) is 0 Å². The Morgan fingerprint density at radius 2 is 1.74 bits per heavy atom. The summed E-state index contributed by atoms with van der Waals surface area (Å²) in [5.74, 6) is -0.992. The Labute approximate surface area is 194 Å². The van der Waals surface area contributed by atoms with Gasteiger partial charge in [-0.3, -0.25) is 0 Å². The van der Waals surface area contributed by atoms with Crippen molar-refractivity contribution in [1.82, 2.24) is 15.3 Å². The highest BCUT2D eigenvalue weighted by atomic mass is 19.4. The summed E-state index contributed by atoms with van der Waals surface area (Å²) >= 11 is 0. The van der Waals surface area contributed by atoms with Crippen LogP contribution in [-0.4, -0.2) is 38.9 Å². The van der Waals surface area contributed by atoms with E-state index in [9.17, 15) is 27.8 Å². The van der Waals surface area contributed by atoms with Crippen molar-refractivity contribution in [3.8, 4) is 11.4 Å². The number of nitrogens with one attached hydrogen (secondary N) is 1. The molecule has 0 spiro atoms. The summed E-state index contributed by atoms with van der Waals surface area (Å²) in [5, 5.41) is 23.5.